The van der Waals surface area contributed by atoms with Gasteiger partial charge >= 0.3 is 5.69 Å². The summed E-state index contributed by atoms with van der Waals surface area (Å²) in [5.41, 5.74) is 0.954. The Bertz CT molecular complexity index is 1480. The summed E-state index contributed by atoms with van der Waals surface area (Å²) < 4.78 is 2.51. The second-order valence-electron chi connectivity index (χ2n) is 8.81. The van der Waals surface area contributed by atoms with E-state index in [4.69, 9.17) is 0 Å². The molecule has 2 amide bonds. The first kappa shape index (κ1) is 22.3. The lowest BCUT2D eigenvalue weighted by atomic mass is 10.0. The third-order valence-corrected chi connectivity index (χ3v) is 6.75. The molecule has 0 spiro atoms. The molecule has 0 bridgehead atoms. The van der Waals surface area contributed by atoms with Gasteiger partial charge in [0.2, 0.25) is 0 Å². The number of anilines is 1. The molecule has 9 heteroatoms. The van der Waals surface area contributed by atoms with E-state index in [1.807, 2.05) is 4.90 Å². The molecule has 2 aliphatic heterocycles. The van der Waals surface area contributed by atoms with Gasteiger partial charge in [-0.3, -0.25) is 28.4 Å². The molecule has 176 valence electrons. The van der Waals surface area contributed by atoms with Gasteiger partial charge in [0, 0.05) is 26.2 Å². The highest BCUT2D eigenvalue weighted by Gasteiger charge is 2.41. The Balaban J connectivity index is 1.51. The number of benzene rings is 2. The van der Waals surface area contributed by atoms with Gasteiger partial charge in [0.15, 0.2) is 0 Å². The molecule has 2 aliphatic rings. The van der Waals surface area contributed by atoms with Gasteiger partial charge in [-0.15, -0.1) is 0 Å². The Morgan fingerprint density at radius 2 is 1.63 bits per heavy atom. The maximum atomic E-state index is 13.1. The second kappa shape index (κ2) is 8.72. The molecule has 0 saturated carbocycles. The van der Waals surface area contributed by atoms with Crippen LogP contribution in [0.2, 0.25) is 0 Å². The van der Waals surface area contributed by atoms with Crippen LogP contribution in [0.1, 0.15) is 44.7 Å². The van der Waals surface area contributed by atoms with Crippen LogP contribution in [0.25, 0.3) is 0 Å². The van der Waals surface area contributed by atoms with E-state index in [1.165, 1.54) is 22.6 Å². The van der Waals surface area contributed by atoms with Gasteiger partial charge in [-0.2, -0.15) is 5.26 Å². The van der Waals surface area contributed by atoms with E-state index in [1.54, 1.807) is 48.5 Å². The molecule has 35 heavy (non-hydrogen) atoms. The summed E-state index contributed by atoms with van der Waals surface area (Å²) in [6.07, 6.45) is 1.31. The number of aromatic nitrogens is 2. The van der Waals surface area contributed by atoms with E-state index in [-0.39, 0.29) is 18.4 Å². The van der Waals surface area contributed by atoms with Gasteiger partial charge in [-0.05, 0) is 36.6 Å². The van der Waals surface area contributed by atoms with Gasteiger partial charge in [-0.1, -0.05) is 30.3 Å². The fraction of sp³-hybridized carbons (Fsp3) is 0.269. The minimum absolute atomic E-state index is 0.111. The molecule has 0 N–H and O–H groups in total. The number of carbonyl (C=O) groups is 2. The van der Waals surface area contributed by atoms with E-state index in [0.717, 1.165) is 4.57 Å². The standard InChI is InChI=1S/C26H23N5O4/c1-28-23(32)13-22(30(26(28)35)15-18-8-3-2-7-17(18)14-27)29-12-6-9-19(16-29)31-24(33)20-10-4-5-11-21(20)25(31)34/h2-5,7-8,10-11,13,19H,6,9,12,15-16H2,1H3/t19-/m1/s1. The zero-order chi connectivity index (χ0) is 24.7. The Morgan fingerprint density at radius 1 is 0.971 bits per heavy atom. The molecular weight excluding hydrogens is 446 g/mol. The van der Waals surface area contributed by atoms with Crippen LogP contribution >= 0.6 is 0 Å². The lowest BCUT2D eigenvalue weighted by molar-refractivity contribution is 0.0569. The van der Waals surface area contributed by atoms with Crippen molar-refractivity contribution in [3.8, 4) is 6.07 Å². The summed E-state index contributed by atoms with van der Waals surface area (Å²) in [4.78, 5) is 55.0. The predicted octanol–water partition coefficient (Wildman–Crippen LogP) is 1.73. The topological polar surface area (TPSA) is 108 Å². The molecule has 1 atom stereocenters. The molecule has 9 nitrogen and oxygen atoms in total. The molecule has 3 heterocycles. The first-order chi connectivity index (χ1) is 16.9. The lowest BCUT2D eigenvalue weighted by Gasteiger charge is -2.38. The number of nitrogens with zero attached hydrogens (tertiary/aromatic N) is 5. The average Bonchev–Trinajstić information content (AvgIpc) is 3.14. The smallest absolute Gasteiger partial charge is 0.332 e. The van der Waals surface area contributed by atoms with Crippen molar-refractivity contribution in [3.05, 3.63) is 97.7 Å². The fourth-order valence-corrected chi connectivity index (χ4v) is 4.92. The molecule has 0 aliphatic carbocycles. The number of carbonyl (C=O) groups excluding carboxylic acids is 2. The largest absolute Gasteiger partial charge is 0.356 e. The van der Waals surface area contributed by atoms with Gasteiger partial charge in [0.05, 0.1) is 35.3 Å². The number of imide groups is 1. The Morgan fingerprint density at radius 3 is 2.31 bits per heavy atom. The van der Waals surface area contributed by atoms with Crippen molar-refractivity contribution in [2.24, 2.45) is 7.05 Å². The van der Waals surface area contributed by atoms with Gasteiger partial charge < -0.3 is 4.90 Å². The van der Waals surface area contributed by atoms with Crippen LogP contribution in [0.5, 0.6) is 0 Å². The van der Waals surface area contributed by atoms with Crippen LogP contribution in [-0.4, -0.2) is 45.0 Å². The quantitative estimate of drug-likeness (QED) is 0.539. The Kier molecular flexibility index (Phi) is 5.57. The highest BCUT2D eigenvalue weighted by Crippen LogP contribution is 2.29. The number of nitriles is 1. The minimum Gasteiger partial charge on any atom is -0.356 e. The van der Waals surface area contributed by atoms with Crippen LogP contribution in [-0.2, 0) is 13.6 Å². The summed E-state index contributed by atoms with van der Waals surface area (Å²) >= 11 is 0. The van der Waals surface area contributed by atoms with Crippen LogP contribution in [0, 0.1) is 11.3 Å². The zero-order valence-corrected chi connectivity index (χ0v) is 19.2. The summed E-state index contributed by atoms with van der Waals surface area (Å²) in [6.45, 7) is 0.977. The number of hydrogen-bond acceptors (Lipinski definition) is 6. The van der Waals surface area contributed by atoms with Crippen LogP contribution in [0.3, 0.4) is 0 Å². The third-order valence-electron chi connectivity index (χ3n) is 6.75. The molecular formula is C26H23N5O4. The molecule has 0 unspecified atom stereocenters. The van der Waals surface area contributed by atoms with Gasteiger partial charge in [-0.25, -0.2) is 4.79 Å². The number of hydrogen-bond donors (Lipinski definition) is 0. The van der Waals surface area contributed by atoms with Crippen molar-refractivity contribution in [1.82, 2.24) is 14.0 Å². The number of rotatable bonds is 4. The van der Waals surface area contributed by atoms with Crippen molar-refractivity contribution >= 4 is 17.6 Å². The average molecular weight is 470 g/mol. The minimum atomic E-state index is -0.497. The van der Waals surface area contributed by atoms with Crippen LogP contribution in [0.15, 0.2) is 64.2 Å². The van der Waals surface area contributed by atoms with Gasteiger partial charge in [0.25, 0.3) is 17.4 Å². The Labute approximate surface area is 201 Å². The monoisotopic (exact) mass is 469 g/mol. The molecule has 5 rings (SSSR count). The van der Waals surface area contributed by atoms with E-state index in [9.17, 15) is 24.4 Å². The van der Waals surface area contributed by atoms with Crippen molar-refractivity contribution in [2.45, 2.75) is 25.4 Å². The van der Waals surface area contributed by atoms with Gasteiger partial charge in [0.1, 0.15) is 5.82 Å². The van der Waals surface area contributed by atoms with E-state index < -0.39 is 17.3 Å². The molecule has 3 aromatic rings. The summed E-state index contributed by atoms with van der Waals surface area (Å²) in [5, 5.41) is 9.49. The second-order valence-corrected chi connectivity index (χ2v) is 8.81. The van der Waals surface area contributed by atoms with E-state index in [2.05, 4.69) is 6.07 Å². The normalized spacial score (nSPS) is 17.4. The number of amides is 2. The van der Waals surface area contributed by atoms with Crippen molar-refractivity contribution in [2.75, 3.05) is 18.0 Å². The third kappa shape index (κ3) is 3.73. The van der Waals surface area contributed by atoms with Crippen molar-refractivity contribution < 1.29 is 9.59 Å². The van der Waals surface area contributed by atoms with Crippen LogP contribution in [0.4, 0.5) is 5.82 Å². The van der Waals surface area contributed by atoms with E-state index in [0.29, 0.717) is 54.0 Å². The van der Waals surface area contributed by atoms with Crippen molar-refractivity contribution in [1.29, 1.82) is 5.26 Å². The predicted molar refractivity (Wildman–Crippen MR) is 128 cm³/mol. The lowest BCUT2D eigenvalue weighted by Crippen LogP contribution is -2.52. The maximum Gasteiger partial charge on any atom is 0.332 e. The zero-order valence-electron chi connectivity index (χ0n) is 19.2. The molecule has 1 aromatic heterocycles. The van der Waals surface area contributed by atoms with Crippen molar-refractivity contribution in [3.63, 3.8) is 0 Å². The number of fused-ring (bicyclic) bond motifs is 1. The van der Waals surface area contributed by atoms with Crippen LogP contribution < -0.4 is 16.1 Å². The summed E-state index contributed by atoms with van der Waals surface area (Å²) in [5.74, 6) is -0.226. The fourth-order valence-electron chi connectivity index (χ4n) is 4.92. The number of piperidine rings is 1. The summed E-state index contributed by atoms with van der Waals surface area (Å²) in [7, 11) is 1.42. The first-order valence-electron chi connectivity index (χ1n) is 11.4. The molecule has 1 saturated heterocycles. The van der Waals surface area contributed by atoms with E-state index >= 15 is 0 Å². The highest BCUT2D eigenvalue weighted by atomic mass is 16.2. The SMILES string of the molecule is Cn1c(=O)cc(N2CCC[C@@H](N3C(=O)c4ccccc4C3=O)C2)n(Cc2ccccc2C#N)c1=O. The summed E-state index contributed by atoms with van der Waals surface area (Å²) in [6, 6.07) is 16.9. The molecule has 2 aromatic carbocycles. The Hall–Kier alpha value is -4.45. The molecule has 0 radical (unpaired) electrons. The maximum absolute atomic E-state index is 13.1. The highest BCUT2D eigenvalue weighted by molar-refractivity contribution is 6.21. The first-order valence-corrected chi connectivity index (χ1v) is 11.4. The molecule has 1 fully saturated rings.